The van der Waals surface area contributed by atoms with E-state index in [4.69, 9.17) is 0 Å². The lowest BCUT2D eigenvalue weighted by Crippen LogP contribution is -2.30. The van der Waals surface area contributed by atoms with Crippen LogP contribution in [0.25, 0.3) is 10.8 Å². The summed E-state index contributed by atoms with van der Waals surface area (Å²) in [6, 6.07) is 9.08. The van der Waals surface area contributed by atoms with Gasteiger partial charge in [0.25, 0.3) is 0 Å². The molecule has 1 atom stereocenters. The van der Waals surface area contributed by atoms with Gasteiger partial charge < -0.3 is 5.32 Å². The third-order valence-corrected chi connectivity index (χ3v) is 4.27. The third kappa shape index (κ3) is 1.96. The number of benzene rings is 1. The van der Waals surface area contributed by atoms with E-state index >= 15 is 0 Å². The standard InChI is InChI=1S/C16H20N2/c1-16(2)9-4-7-15(16)18-14-6-3-5-12-11-17-10-8-13(12)14/h3,5-6,8,10-11,15,18H,4,7,9H2,1-2H3. The summed E-state index contributed by atoms with van der Waals surface area (Å²) in [5.74, 6) is 0. The molecule has 2 heteroatoms. The van der Waals surface area contributed by atoms with E-state index in [0.717, 1.165) is 0 Å². The highest BCUT2D eigenvalue weighted by molar-refractivity contribution is 5.93. The topological polar surface area (TPSA) is 24.9 Å². The summed E-state index contributed by atoms with van der Waals surface area (Å²) in [5.41, 5.74) is 1.64. The highest BCUT2D eigenvalue weighted by Crippen LogP contribution is 2.39. The first-order chi connectivity index (χ1) is 8.67. The Morgan fingerprint density at radius 2 is 2.17 bits per heavy atom. The van der Waals surface area contributed by atoms with Crippen LogP contribution < -0.4 is 5.32 Å². The molecule has 1 fully saturated rings. The summed E-state index contributed by atoms with van der Waals surface area (Å²) in [6.45, 7) is 4.73. The average Bonchev–Trinajstić information content (AvgIpc) is 2.69. The van der Waals surface area contributed by atoms with Crippen molar-refractivity contribution in [2.24, 2.45) is 5.41 Å². The van der Waals surface area contributed by atoms with Gasteiger partial charge in [-0.1, -0.05) is 32.4 Å². The van der Waals surface area contributed by atoms with Crippen LogP contribution in [0.3, 0.4) is 0 Å². The molecule has 0 bridgehead atoms. The van der Waals surface area contributed by atoms with Crippen LogP contribution in [0.1, 0.15) is 33.1 Å². The van der Waals surface area contributed by atoms with Crippen LogP contribution in [0.4, 0.5) is 5.69 Å². The SMILES string of the molecule is CC1(C)CCCC1Nc1cccc2cnccc12. The molecule has 0 saturated heterocycles. The number of pyridine rings is 1. The van der Waals surface area contributed by atoms with Gasteiger partial charge in [0.15, 0.2) is 0 Å². The van der Waals surface area contributed by atoms with Crippen molar-refractivity contribution in [2.45, 2.75) is 39.2 Å². The number of rotatable bonds is 2. The molecule has 2 nitrogen and oxygen atoms in total. The first kappa shape index (κ1) is 11.5. The zero-order valence-corrected chi connectivity index (χ0v) is 11.1. The van der Waals surface area contributed by atoms with Crippen molar-refractivity contribution in [3.8, 4) is 0 Å². The predicted octanol–water partition coefficient (Wildman–Crippen LogP) is 4.23. The normalized spacial score (nSPS) is 22.2. The highest BCUT2D eigenvalue weighted by Gasteiger charge is 2.34. The van der Waals surface area contributed by atoms with Gasteiger partial charge in [0.1, 0.15) is 0 Å². The van der Waals surface area contributed by atoms with Gasteiger partial charge in [0.2, 0.25) is 0 Å². The van der Waals surface area contributed by atoms with Crippen LogP contribution in [0.15, 0.2) is 36.7 Å². The molecule has 0 amide bonds. The van der Waals surface area contributed by atoms with Crippen LogP contribution in [0.5, 0.6) is 0 Å². The lowest BCUT2D eigenvalue weighted by molar-refractivity contribution is 0.350. The van der Waals surface area contributed by atoms with Crippen LogP contribution >= 0.6 is 0 Å². The maximum absolute atomic E-state index is 4.19. The second-order valence-corrected chi connectivity index (χ2v) is 5.98. The van der Waals surface area contributed by atoms with E-state index in [2.05, 4.69) is 48.4 Å². The Morgan fingerprint density at radius 3 is 2.94 bits per heavy atom. The minimum absolute atomic E-state index is 0.398. The van der Waals surface area contributed by atoms with Crippen molar-refractivity contribution in [1.29, 1.82) is 0 Å². The average molecular weight is 240 g/mol. The molecule has 1 N–H and O–H groups in total. The number of fused-ring (bicyclic) bond motifs is 1. The Labute approximate surface area is 108 Å². The van der Waals surface area contributed by atoms with Gasteiger partial charge in [-0.3, -0.25) is 4.98 Å². The minimum atomic E-state index is 0.398. The summed E-state index contributed by atoms with van der Waals surface area (Å²) in [5, 5.41) is 6.23. The van der Waals surface area contributed by atoms with Crippen LogP contribution in [0, 0.1) is 5.41 Å². The van der Waals surface area contributed by atoms with Crippen LogP contribution in [0.2, 0.25) is 0 Å². The summed E-state index contributed by atoms with van der Waals surface area (Å²) in [7, 11) is 0. The Morgan fingerprint density at radius 1 is 1.28 bits per heavy atom. The zero-order valence-electron chi connectivity index (χ0n) is 11.1. The fourth-order valence-electron chi connectivity index (χ4n) is 3.03. The molecular weight excluding hydrogens is 220 g/mol. The second-order valence-electron chi connectivity index (χ2n) is 5.98. The van der Waals surface area contributed by atoms with Crippen molar-refractivity contribution >= 4 is 16.5 Å². The van der Waals surface area contributed by atoms with E-state index in [9.17, 15) is 0 Å². The molecule has 94 valence electrons. The molecule has 0 aliphatic heterocycles. The van der Waals surface area contributed by atoms with Gasteiger partial charge in [-0.05, 0) is 30.4 Å². The fourth-order valence-corrected chi connectivity index (χ4v) is 3.03. The number of nitrogens with one attached hydrogen (secondary N) is 1. The predicted molar refractivity (Wildman–Crippen MR) is 76.8 cm³/mol. The van der Waals surface area contributed by atoms with E-state index in [1.165, 1.54) is 35.7 Å². The Hall–Kier alpha value is -1.57. The van der Waals surface area contributed by atoms with Crippen molar-refractivity contribution in [1.82, 2.24) is 4.98 Å². The van der Waals surface area contributed by atoms with Gasteiger partial charge in [0, 0.05) is 34.9 Å². The molecule has 0 spiro atoms. The smallest absolute Gasteiger partial charge is 0.0423 e. The first-order valence-electron chi connectivity index (χ1n) is 6.76. The maximum atomic E-state index is 4.19. The van der Waals surface area contributed by atoms with Crippen molar-refractivity contribution < 1.29 is 0 Å². The van der Waals surface area contributed by atoms with Gasteiger partial charge in [-0.2, -0.15) is 0 Å². The van der Waals surface area contributed by atoms with E-state index < -0.39 is 0 Å². The van der Waals surface area contributed by atoms with E-state index in [1.54, 1.807) is 0 Å². The molecule has 18 heavy (non-hydrogen) atoms. The fraction of sp³-hybridized carbons (Fsp3) is 0.438. The molecule has 0 radical (unpaired) electrons. The van der Waals surface area contributed by atoms with E-state index in [-0.39, 0.29) is 0 Å². The first-order valence-corrected chi connectivity index (χ1v) is 6.76. The molecule has 2 aromatic rings. The Kier molecular flexibility index (Phi) is 2.73. The molecule has 1 aliphatic carbocycles. The van der Waals surface area contributed by atoms with Crippen molar-refractivity contribution in [3.05, 3.63) is 36.7 Å². The zero-order chi connectivity index (χ0) is 12.6. The molecule has 3 rings (SSSR count). The molecule has 1 aromatic heterocycles. The molecule has 1 unspecified atom stereocenters. The monoisotopic (exact) mass is 240 g/mol. The summed E-state index contributed by atoms with van der Waals surface area (Å²) >= 11 is 0. The number of aromatic nitrogens is 1. The minimum Gasteiger partial charge on any atom is -0.381 e. The van der Waals surface area contributed by atoms with Gasteiger partial charge in [0.05, 0.1) is 0 Å². The molecule has 1 aliphatic rings. The number of nitrogens with zero attached hydrogens (tertiary/aromatic N) is 1. The molecule has 1 aromatic carbocycles. The quantitative estimate of drug-likeness (QED) is 0.850. The van der Waals surface area contributed by atoms with E-state index in [0.29, 0.717) is 11.5 Å². The lowest BCUT2D eigenvalue weighted by atomic mass is 9.87. The van der Waals surface area contributed by atoms with Crippen molar-refractivity contribution in [2.75, 3.05) is 5.32 Å². The van der Waals surface area contributed by atoms with Gasteiger partial charge >= 0.3 is 0 Å². The number of hydrogen-bond acceptors (Lipinski definition) is 2. The second kappa shape index (κ2) is 4.27. The largest absolute Gasteiger partial charge is 0.381 e. The molecule has 1 heterocycles. The van der Waals surface area contributed by atoms with Gasteiger partial charge in [-0.15, -0.1) is 0 Å². The van der Waals surface area contributed by atoms with E-state index in [1.807, 2.05) is 12.4 Å². The number of anilines is 1. The highest BCUT2D eigenvalue weighted by atomic mass is 14.9. The summed E-state index contributed by atoms with van der Waals surface area (Å²) in [4.78, 5) is 4.19. The van der Waals surface area contributed by atoms with Crippen LogP contribution in [-0.4, -0.2) is 11.0 Å². The maximum Gasteiger partial charge on any atom is 0.0423 e. The summed E-state index contributed by atoms with van der Waals surface area (Å²) < 4.78 is 0. The van der Waals surface area contributed by atoms with Crippen LogP contribution in [-0.2, 0) is 0 Å². The Bertz CT molecular complexity index is 555. The van der Waals surface area contributed by atoms with Gasteiger partial charge in [-0.25, -0.2) is 0 Å². The van der Waals surface area contributed by atoms with Crippen molar-refractivity contribution in [3.63, 3.8) is 0 Å². The number of hydrogen-bond donors (Lipinski definition) is 1. The molecule has 1 saturated carbocycles. The summed E-state index contributed by atoms with van der Waals surface area (Å²) in [6.07, 6.45) is 7.72. The third-order valence-electron chi connectivity index (χ3n) is 4.27. The molecular formula is C16H20N2. The Balaban J connectivity index is 1.95. The lowest BCUT2D eigenvalue weighted by Gasteiger charge is -2.29.